The molecule has 0 radical (unpaired) electrons. The monoisotopic (exact) mass is 556 g/mol. The number of hydrogen-bond donors (Lipinski definition) is 0. The maximum absolute atomic E-state index is 13.9. The summed E-state index contributed by atoms with van der Waals surface area (Å²) in [6.07, 6.45) is -2.96. The van der Waals surface area contributed by atoms with Crippen LogP contribution in [0.4, 0.5) is 0 Å². The average molecular weight is 557 g/mol. The predicted molar refractivity (Wildman–Crippen MR) is 147 cm³/mol. The molecule has 0 aliphatic carbocycles. The van der Waals surface area contributed by atoms with Crippen LogP contribution in [0.1, 0.15) is 16.7 Å². The van der Waals surface area contributed by atoms with Crippen LogP contribution in [0.5, 0.6) is 0 Å². The van der Waals surface area contributed by atoms with E-state index < -0.39 is 37.9 Å². The normalized spacial score (nSPS) is 23.5. The predicted octanol–water partition coefficient (Wildman–Crippen LogP) is 5.60. The van der Waals surface area contributed by atoms with E-state index in [0.29, 0.717) is 13.2 Å². The number of hydrogen-bond acceptors (Lipinski definition) is 8. The van der Waals surface area contributed by atoms with E-state index in [9.17, 15) is 4.57 Å². The molecule has 39 heavy (non-hydrogen) atoms. The fourth-order valence-electron chi connectivity index (χ4n) is 4.66. The molecule has 9 heteroatoms. The van der Waals surface area contributed by atoms with Crippen LogP contribution in [-0.4, -0.2) is 58.2 Å². The molecule has 1 heterocycles. The molecule has 0 unspecified atom stereocenters. The summed E-state index contributed by atoms with van der Waals surface area (Å²) in [4.78, 5) is 0. The van der Waals surface area contributed by atoms with Gasteiger partial charge in [-0.2, -0.15) is 0 Å². The Kier molecular flexibility index (Phi) is 11.3. The summed E-state index contributed by atoms with van der Waals surface area (Å²) in [6, 6.07) is 29.5. The lowest BCUT2D eigenvalue weighted by Gasteiger charge is -2.46. The van der Waals surface area contributed by atoms with Gasteiger partial charge in [-0.15, -0.1) is 0 Å². The van der Waals surface area contributed by atoms with Gasteiger partial charge in [0.05, 0.1) is 26.4 Å². The Bertz CT molecular complexity index is 1140. The molecule has 3 aromatic rings. The third kappa shape index (κ3) is 7.84. The first kappa shape index (κ1) is 29.6. The molecular weight excluding hydrogens is 519 g/mol. The molecule has 4 rings (SSSR count). The first-order valence-electron chi connectivity index (χ1n) is 12.9. The first-order chi connectivity index (χ1) is 19.1. The minimum absolute atomic E-state index is 0.205. The van der Waals surface area contributed by atoms with E-state index >= 15 is 0 Å². The molecule has 3 aromatic carbocycles. The Balaban J connectivity index is 1.63. The second-order valence-electron chi connectivity index (χ2n) is 9.20. The van der Waals surface area contributed by atoms with Gasteiger partial charge in [0.15, 0.2) is 6.29 Å². The lowest BCUT2D eigenvalue weighted by atomic mass is 10.00. The highest BCUT2D eigenvalue weighted by atomic mass is 31.2. The summed E-state index contributed by atoms with van der Waals surface area (Å²) in [5.41, 5.74) is 2.07. The summed E-state index contributed by atoms with van der Waals surface area (Å²) >= 11 is 0. The quantitative estimate of drug-likeness (QED) is 0.238. The van der Waals surface area contributed by atoms with Gasteiger partial charge >= 0.3 is 7.60 Å². The smallest absolute Gasteiger partial charge is 0.341 e. The van der Waals surface area contributed by atoms with Crippen molar-refractivity contribution in [3.05, 3.63) is 108 Å². The SMILES string of the molecule is CO[C@H]1O[C@H](COCc2ccccc2)[C@H](OCc2ccccc2)[C@H](OCc2ccccc2)[C@H]1P(=O)(OC)OC. The highest BCUT2D eigenvalue weighted by molar-refractivity contribution is 7.54. The second-order valence-corrected chi connectivity index (χ2v) is 11.6. The van der Waals surface area contributed by atoms with Crippen LogP contribution < -0.4 is 0 Å². The number of benzene rings is 3. The van der Waals surface area contributed by atoms with E-state index in [2.05, 4.69) is 0 Å². The Morgan fingerprint density at radius 2 is 1.13 bits per heavy atom. The van der Waals surface area contributed by atoms with Crippen LogP contribution >= 0.6 is 7.60 Å². The van der Waals surface area contributed by atoms with Crippen LogP contribution in [0.15, 0.2) is 91.0 Å². The number of ether oxygens (including phenoxy) is 5. The molecule has 0 spiro atoms. The molecule has 0 aromatic heterocycles. The lowest BCUT2D eigenvalue weighted by molar-refractivity contribution is -0.271. The largest absolute Gasteiger partial charge is 0.374 e. The van der Waals surface area contributed by atoms with Crippen molar-refractivity contribution in [3.8, 4) is 0 Å². The summed E-state index contributed by atoms with van der Waals surface area (Å²) in [6.45, 7) is 1.16. The van der Waals surface area contributed by atoms with Gasteiger partial charge in [0.1, 0.15) is 24.0 Å². The summed E-state index contributed by atoms with van der Waals surface area (Å²) in [7, 11) is 0.454. The van der Waals surface area contributed by atoms with E-state index in [4.69, 9.17) is 32.7 Å². The zero-order valence-corrected chi connectivity index (χ0v) is 23.5. The van der Waals surface area contributed by atoms with Crippen molar-refractivity contribution < 1.29 is 37.3 Å². The maximum atomic E-state index is 13.9. The fourth-order valence-corrected chi connectivity index (χ4v) is 6.40. The van der Waals surface area contributed by atoms with Crippen LogP contribution in [0.25, 0.3) is 0 Å². The highest BCUT2D eigenvalue weighted by Gasteiger charge is 2.56. The lowest BCUT2D eigenvalue weighted by Crippen LogP contribution is -2.60. The molecule has 210 valence electrons. The molecule has 1 saturated heterocycles. The Hall–Kier alpha value is -2.39. The third-order valence-electron chi connectivity index (χ3n) is 6.69. The molecule has 0 saturated carbocycles. The van der Waals surface area contributed by atoms with Gasteiger partial charge in [0.25, 0.3) is 0 Å². The van der Waals surface area contributed by atoms with E-state index in [-0.39, 0.29) is 13.2 Å². The van der Waals surface area contributed by atoms with Crippen molar-refractivity contribution in [3.63, 3.8) is 0 Å². The van der Waals surface area contributed by atoms with Crippen molar-refractivity contribution >= 4 is 7.60 Å². The zero-order chi connectivity index (χ0) is 27.5. The van der Waals surface area contributed by atoms with Gasteiger partial charge in [-0.1, -0.05) is 91.0 Å². The summed E-state index contributed by atoms with van der Waals surface area (Å²) in [5.74, 6) is 0. The molecular formula is C30H37O8P. The van der Waals surface area contributed by atoms with Crippen LogP contribution in [0.3, 0.4) is 0 Å². The standard InChI is InChI=1S/C30H37O8P/c1-32-30-29(39(31,33-2)34-3)28(37-21-25-17-11-6-12-18-25)27(36-20-24-15-9-5-10-16-24)26(38-30)22-35-19-23-13-7-4-8-14-23/h4-18,26-30H,19-22H2,1-3H3/t26-,27+,28+,29-,30+/m1/s1. The zero-order valence-electron chi connectivity index (χ0n) is 22.6. The van der Waals surface area contributed by atoms with Crippen LogP contribution in [0.2, 0.25) is 0 Å². The molecule has 1 fully saturated rings. The molecule has 0 N–H and O–H groups in total. The average Bonchev–Trinajstić information content (AvgIpc) is 3.00. The van der Waals surface area contributed by atoms with Gasteiger partial charge in [-0.25, -0.2) is 0 Å². The molecule has 0 bridgehead atoms. The molecule has 5 atom stereocenters. The van der Waals surface area contributed by atoms with Gasteiger partial charge in [-0.05, 0) is 16.7 Å². The molecule has 1 aliphatic rings. The van der Waals surface area contributed by atoms with Gasteiger partial charge in [0, 0.05) is 21.3 Å². The van der Waals surface area contributed by atoms with Gasteiger partial charge < -0.3 is 32.7 Å². The van der Waals surface area contributed by atoms with Gasteiger partial charge in [-0.3, -0.25) is 4.57 Å². The Morgan fingerprint density at radius 3 is 1.59 bits per heavy atom. The van der Waals surface area contributed by atoms with Crippen LogP contribution in [-0.2, 0) is 57.1 Å². The van der Waals surface area contributed by atoms with Gasteiger partial charge in [0.2, 0.25) is 0 Å². The van der Waals surface area contributed by atoms with Crippen molar-refractivity contribution in [2.45, 2.75) is 50.1 Å². The van der Waals surface area contributed by atoms with Crippen molar-refractivity contribution in [1.29, 1.82) is 0 Å². The van der Waals surface area contributed by atoms with Crippen LogP contribution in [0, 0.1) is 0 Å². The second kappa shape index (κ2) is 14.8. The minimum Gasteiger partial charge on any atom is -0.374 e. The highest BCUT2D eigenvalue weighted by Crippen LogP contribution is 2.57. The van der Waals surface area contributed by atoms with E-state index in [1.54, 1.807) is 0 Å². The van der Waals surface area contributed by atoms with Crippen molar-refractivity contribution in [2.75, 3.05) is 27.9 Å². The topological polar surface area (TPSA) is 81.7 Å². The summed E-state index contributed by atoms with van der Waals surface area (Å²) in [5, 5.41) is 0. The van der Waals surface area contributed by atoms with E-state index in [0.717, 1.165) is 16.7 Å². The summed E-state index contributed by atoms with van der Waals surface area (Å²) < 4.78 is 55.8. The van der Waals surface area contributed by atoms with Crippen molar-refractivity contribution in [2.24, 2.45) is 0 Å². The fraction of sp³-hybridized carbons (Fsp3) is 0.400. The molecule has 0 amide bonds. The number of rotatable bonds is 14. The third-order valence-corrected chi connectivity index (χ3v) is 8.97. The maximum Gasteiger partial charge on any atom is 0.341 e. The number of methoxy groups -OCH3 is 1. The van der Waals surface area contributed by atoms with E-state index in [1.807, 2.05) is 91.0 Å². The first-order valence-corrected chi connectivity index (χ1v) is 14.5. The van der Waals surface area contributed by atoms with E-state index in [1.165, 1.54) is 21.3 Å². The molecule has 8 nitrogen and oxygen atoms in total. The van der Waals surface area contributed by atoms with Crippen molar-refractivity contribution in [1.82, 2.24) is 0 Å². The Labute approximate surface area is 230 Å². The molecule has 1 aliphatic heterocycles. The minimum atomic E-state index is -3.74. The Morgan fingerprint density at radius 1 is 0.667 bits per heavy atom.